The molecule has 1 N–H and O–H groups in total. The monoisotopic (exact) mass is 399 g/mol. The molecular weight excluding hydrogens is 378 g/mol. The first kappa shape index (κ1) is 18.7. The first-order valence-corrected chi connectivity index (χ1v) is 9.68. The normalized spacial score (nSPS) is 17.1. The van der Waals surface area contributed by atoms with E-state index in [4.69, 9.17) is 16.0 Å². The maximum absolute atomic E-state index is 12.9. The molecule has 3 aromatic rings. The number of carbonyl (C=O) groups excluding carboxylic acids is 1. The molecule has 4 rings (SSSR count). The number of aromatic nitrogens is 3. The number of hydrogen-bond donors (Lipinski definition) is 1. The number of aryl methyl sites for hydroxylation is 2. The van der Waals surface area contributed by atoms with E-state index in [9.17, 15) is 4.79 Å². The van der Waals surface area contributed by atoms with Crippen molar-refractivity contribution in [3.05, 3.63) is 59.6 Å². The molecule has 7 nitrogen and oxygen atoms in total. The molecule has 0 bridgehead atoms. The predicted octanol–water partition coefficient (Wildman–Crippen LogP) is 2.83. The molecular formula is C20H22ClN5O2. The lowest BCUT2D eigenvalue weighted by atomic mass is 10.1. The molecule has 1 fully saturated rings. The van der Waals surface area contributed by atoms with Crippen LogP contribution in [0.1, 0.15) is 24.2 Å². The molecule has 3 heterocycles. The van der Waals surface area contributed by atoms with Crippen LogP contribution < -0.4 is 5.32 Å². The van der Waals surface area contributed by atoms with Crippen LogP contribution in [-0.4, -0.2) is 45.0 Å². The van der Waals surface area contributed by atoms with Gasteiger partial charge in [0.25, 0.3) is 0 Å². The van der Waals surface area contributed by atoms with Crippen LogP contribution in [0.2, 0.25) is 5.02 Å². The average molecular weight is 400 g/mol. The van der Waals surface area contributed by atoms with E-state index in [2.05, 4.69) is 15.3 Å². The molecule has 1 unspecified atom stereocenters. The highest BCUT2D eigenvalue weighted by Gasteiger charge is 2.30. The third-order valence-electron chi connectivity index (χ3n) is 4.97. The van der Waals surface area contributed by atoms with Gasteiger partial charge in [-0.3, -0.25) is 4.79 Å². The van der Waals surface area contributed by atoms with Crippen molar-refractivity contribution in [1.82, 2.24) is 24.8 Å². The van der Waals surface area contributed by atoms with E-state index >= 15 is 0 Å². The van der Waals surface area contributed by atoms with Gasteiger partial charge in [-0.1, -0.05) is 23.7 Å². The standard InChI is InChI=1S/C20H22ClN5O2/c1-25-10-9-23-20(25)16-12-22-8-11-26(16)19(27)7-6-18-24-13-17(28-18)14-4-2-3-5-15(14)21/h2-5,9-10,13,16,22H,6-8,11-12H2,1H3. The number of imidazole rings is 1. The zero-order valence-electron chi connectivity index (χ0n) is 15.6. The fourth-order valence-corrected chi connectivity index (χ4v) is 3.73. The van der Waals surface area contributed by atoms with E-state index in [1.807, 2.05) is 47.0 Å². The zero-order chi connectivity index (χ0) is 19.5. The Kier molecular flexibility index (Phi) is 5.45. The predicted molar refractivity (Wildman–Crippen MR) is 106 cm³/mol. The Morgan fingerprint density at radius 3 is 3.00 bits per heavy atom. The minimum absolute atomic E-state index is 0.0653. The van der Waals surface area contributed by atoms with Crippen LogP contribution in [0.3, 0.4) is 0 Å². The molecule has 2 aromatic heterocycles. The fourth-order valence-electron chi connectivity index (χ4n) is 3.50. The van der Waals surface area contributed by atoms with Crippen molar-refractivity contribution in [2.75, 3.05) is 19.6 Å². The Balaban J connectivity index is 1.43. The number of nitrogens with zero attached hydrogens (tertiary/aromatic N) is 4. The molecule has 1 aliphatic rings. The van der Waals surface area contributed by atoms with Crippen LogP contribution in [0.15, 0.2) is 47.3 Å². The smallest absolute Gasteiger partial charge is 0.223 e. The lowest BCUT2D eigenvalue weighted by Crippen LogP contribution is -2.49. The molecule has 0 saturated carbocycles. The van der Waals surface area contributed by atoms with Crippen molar-refractivity contribution in [3.8, 4) is 11.3 Å². The van der Waals surface area contributed by atoms with Crippen LogP contribution in [0.4, 0.5) is 0 Å². The number of oxazole rings is 1. The highest BCUT2D eigenvalue weighted by Crippen LogP contribution is 2.28. The Labute approximate surface area is 168 Å². The number of amides is 1. The molecule has 1 atom stereocenters. The van der Waals surface area contributed by atoms with Gasteiger partial charge >= 0.3 is 0 Å². The van der Waals surface area contributed by atoms with Crippen molar-refractivity contribution >= 4 is 17.5 Å². The molecule has 1 aliphatic heterocycles. The third kappa shape index (κ3) is 3.81. The lowest BCUT2D eigenvalue weighted by molar-refractivity contribution is -0.134. The fraction of sp³-hybridized carbons (Fsp3) is 0.350. The summed E-state index contributed by atoms with van der Waals surface area (Å²) in [7, 11) is 1.95. The van der Waals surface area contributed by atoms with Gasteiger partial charge in [0.05, 0.1) is 11.2 Å². The van der Waals surface area contributed by atoms with E-state index in [0.29, 0.717) is 42.6 Å². The van der Waals surface area contributed by atoms with Crippen molar-refractivity contribution in [2.45, 2.75) is 18.9 Å². The van der Waals surface area contributed by atoms with Crippen molar-refractivity contribution in [2.24, 2.45) is 7.05 Å². The summed E-state index contributed by atoms with van der Waals surface area (Å²) in [5, 5.41) is 3.96. The van der Waals surface area contributed by atoms with Gasteiger partial charge in [-0.05, 0) is 12.1 Å². The van der Waals surface area contributed by atoms with Crippen LogP contribution in [0.25, 0.3) is 11.3 Å². The summed E-state index contributed by atoms with van der Waals surface area (Å²) in [6, 6.07) is 7.40. The third-order valence-corrected chi connectivity index (χ3v) is 5.30. The Bertz CT molecular complexity index is 967. The second kappa shape index (κ2) is 8.16. The summed E-state index contributed by atoms with van der Waals surface area (Å²) in [5.41, 5.74) is 0.797. The zero-order valence-corrected chi connectivity index (χ0v) is 16.4. The van der Waals surface area contributed by atoms with Gasteiger partial charge in [0, 0.05) is 57.5 Å². The van der Waals surface area contributed by atoms with Crippen molar-refractivity contribution < 1.29 is 9.21 Å². The van der Waals surface area contributed by atoms with Gasteiger partial charge in [0.1, 0.15) is 11.9 Å². The minimum atomic E-state index is -0.0653. The van der Waals surface area contributed by atoms with Crippen LogP contribution in [-0.2, 0) is 18.3 Å². The second-order valence-electron chi connectivity index (χ2n) is 6.80. The summed E-state index contributed by atoms with van der Waals surface area (Å²) < 4.78 is 7.77. The number of carbonyl (C=O) groups is 1. The molecule has 8 heteroatoms. The topological polar surface area (TPSA) is 76.2 Å². The number of nitrogens with one attached hydrogen (secondary N) is 1. The molecule has 146 valence electrons. The van der Waals surface area contributed by atoms with Gasteiger partial charge < -0.3 is 19.2 Å². The number of piperazine rings is 1. The minimum Gasteiger partial charge on any atom is -0.441 e. The van der Waals surface area contributed by atoms with E-state index in [1.165, 1.54) is 0 Å². The second-order valence-corrected chi connectivity index (χ2v) is 7.21. The number of benzene rings is 1. The first-order valence-electron chi connectivity index (χ1n) is 9.30. The molecule has 0 radical (unpaired) electrons. The maximum atomic E-state index is 12.9. The van der Waals surface area contributed by atoms with Crippen LogP contribution >= 0.6 is 11.6 Å². The molecule has 1 saturated heterocycles. The average Bonchev–Trinajstić information content (AvgIpc) is 3.35. The highest BCUT2D eigenvalue weighted by atomic mass is 35.5. The number of hydrogen-bond acceptors (Lipinski definition) is 5. The number of rotatable bonds is 5. The maximum Gasteiger partial charge on any atom is 0.223 e. The van der Waals surface area contributed by atoms with E-state index < -0.39 is 0 Å². The largest absolute Gasteiger partial charge is 0.441 e. The van der Waals surface area contributed by atoms with E-state index in [1.54, 1.807) is 12.4 Å². The van der Waals surface area contributed by atoms with Crippen molar-refractivity contribution in [1.29, 1.82) is 0 Å². The van der Waals surface area contributed by atoms with Gasteiger partial charge in [0.15, 0.2) is 11.7 Å². The molecule has 0 spiro atoms. The molecule has 1 aromatic carbocycles. The quantitative estimate of drug-likeness (QED) is 0.714. The lowest BCUT2D eigenvalue weighted by Gasteiger charge is -2.35. The summed E-state index contributed by atoms with van der Waals surface area (Å²) in [6.07, 6.45) is 6.09. The Morgan fingerprint density at radius 1 is 1.36 bits per heavy atom. The van der Waals surface area contributed by atoms with E-state index in [-0.39, 0.29) is 11.9 Å². The summed E-state index contributed by atoms with van der Waals surface area (Å²) >= 11 is 6.21. The van der Waals surface area contributed by atoms with Crippen LogP contribution in [0, 0.1) is 0 Å². The molecule has 1 amide bonds. The van der Waals surface area contributed by atoms with Gasteiger partial charge in [-0.15, -0.1) is 0 Å². The Morgan fingerprint density at radius 2 is 2.21 bits per heavy atom. The summed E-state index contributed by atoms with van der Waals surface area (Å²) in [4.78, 5) is 23.5. The van der Waals surface area contributed by atoms with E-state index in [0.717, 1.165) is 17.9 Å². The molecule has 28 heavy (non-hydrogen) atoms. The molecule has 0 aliphatic carbocycles. The van der Waals surface area contributed by atoms with Gasteiger partial charge in [0.2, 0.25) is 5.91 Å². The van der Waals surface area contributed by atoms with Gasteiger partial charge in [-0.25, -0.2) is 9.97 Å². The Hall–Kier alpha value is -2.64. The van der Waals surface area contributed by atoms with Crippen molar-refractivity contribution in [3.63, 3.8) is 0 Å². The van der Waals surface area contributed by atoms with Gasteiger partial charge in [-0.2, -0.15) is 0 Å². The van der Waals surface area contributed by atoms with Crippen LogP contribution in [0.5, 0.6) is 0 Å². The summed E-state index contributed by atoms with van der Waals surface area (Å²) in [5.74, 6) is 2.11. The SMILES string of the molecule is Cn1ccnc1C1CNCCN1C(=O)CCc1ncc(-c2ccccc2Cl)o1. The first-order chi connectivity index (χ1) is 13.6. The summed E-state index contributed by atoms with van der Waals surface area (Å²) in [6.45, 7) is 2.14. The number of halogens is 1. The highest BCUT2D eigenvalue weighted by molar-refractivity contribution is 6.33.